The molecular formula is C18H21ClN4OS. The van der Waals surface area contributed by atoms with E-state index in [-0.39, 0.29) is 17.9 Å². The second kappa shape index (κ2) is 7.30. The van der Waals surface area contributed by atoms with Crippen LogP contribution in [-0.4, -0.2) is 29.0 Å². The summed E-state index contributed by atoms with van der Waals surface area (Å²) in [5.74, 6) is 1.15. The minimum Gasteiger partial charge on any atom is -0.355 e. The summed E-state index contributed by atoms with van der Waals surface area (Å²) in [5.41, 5.74) is 1.23. The van der Waals surface area contributed by atoms with E-state index < -0.39 is 0 Å². The average molecular weight is 377 g/mol. The number of hydrogen-bond donors (Lipinski definition) is 1. The van der Waals surface area contributed by atoms with Crippen LogP contribution >= 0.6 is 22.9 Å². The number of piperidine rings is 1. The number of hydrogen-bond acceptors (Lipinski definition) is 5. The van der Waals surface area contributed by atoms with Gasteiger partial charge in [-0.05, 0) is 43.7 Å². The van der Waals surface area contributed by atoms with Crippen molar-refractivity contribution in [1.82, 2.24) is 15.3 Å². The topological polar surface area (TPSA) is 58.1 Å². The Balaban J connectivity index is 1.36. The lowest BCUT2D eigenvalue weighted by Gasteiger charge is -2.33. The number of aromatic nitrogens is 2. The summed E-state index contributed by atoms with van der Waals surface area (Å²) in [6.45, 7) is 1.69. The maximum atomic E-state index is 12.7. The van der Waals surface area contributed by atoms with Gasteiger partial charge in [0.2, 0.25) is 5.91 Å². The highest BCUT2D eigenvalue weighted by Crippen LogP contribution is 2.38. The summed E-state index contributed by atoms with van der Waals surface area (Å²) < 4.78 is 0.823. The highest BCUT2D eigenvalue weighted by Gasteiger charge is 2.29. The second-order valence-corrected chi connectivity index (χ2v) is 8.48. The van der Waals surface area contributed by atoms with Gasteiger partial charge < -0.3 is 10.2 Å². The van der Waals surface area contributed by atoms with Crippen molar-refractivity contribution >= 4 is 34.7 Å². The number of nitrogens with one attached hydrogen (secondary N) is 1. The van der Waals surface area contributed by atoms with E-state index in [0.717, 1.165) is 55.3 Å². The fourth-order valence-corrected chi connectivity index (χ4v) is 5.17. The number of aryl methyl sites for hydroxylation is 1. The van der Waals surface area contributed by atoms with Crippen molar-refractivity contribution < 1.29 is 4.79 Å². The molecule has 5 nitrogen and oxygen atoms in total. The van der Waals surface area contributed by atoms with Gasteiger partial charge in [0, 0.05) is 36.3 Å². The summed E-state index contributed by atoms with van der Waals surface area (Å²) in [5, 5.41) is 3.28. The number of rotatable bonds is 3. The van der Waals surface area contributed by atoms with Crippen LogP contribution in [0.5, 0.6) is 0 Å². The van der Waals surface area contributed by atoms with Crippen LogP contribution in [0, 0.1) is 5.92 Å². The molecule has 1 unspecified atom stereocenters. The zero-order valence-corrected chi connectivity index (χ0v) is 15.5. The Morgan fingerprint density at radius 1 is 1.28 bits per heavy atom. The number of amides is 1. The van der Waals surface area contributed by atoms with Crippen LogP contribution in [0.3, 0.4) is 0 Å². The van der Waals surface area contributed by atoms with Crippen molar-refractivity contribution in [2.24, 2.45) is 5.92 Å². The molecule has 1 N–H and O–H groups in total. The monoisotopic (exact) mass is 376 g/mol. The van der Waals surface area contributed by atoms with Crippen LogP contribution in [0.1, 0.15) is 42.2 Å². The molecule has 1 aliphatic heterocycles. The van der Waals surface area contributed by atoms with E-state index >= 15 is 0 Å². The molecule has 1 atom stereocenters. The average Bonchev–Trinajstić information content (AvgIpc) is 3.04. The number of nitrogens with zero attached hydrogens (tertiary/aromatic N) is 3. The molecule has 1 saturated heterocycles. The van der Waals surface area contributed by atoms with Gasteiger partial charge in [-0.15, -0.1) is 11.3 Å². The molecule has 7 heteroatoms. The van der Waals surface area contributed by atoms with Gasteiger partial charge in [0.25, 0.3) is 0 Å². The number of anilines is 1. The molecule has 2 aliphatic rings. The van der Waals surface area contributed by atoms with Gasteiger partial charge in [-0.2, -0.15) is 0 Å². The fraction of sp³-hybridized carbons (Fsp3) is 0.500. The van der Waals surface area contributed by atoms with E-state index in [0.29, 0.717) is 0 Å². The van der Waals surface area contributed by atoms with Gasteiger partial charge in [-0.25, -0.2) is 4.98 Å². The number of thiophene rings is 1. The first-order valence-corrected chi connectivity index (χ1v) is 9.99. The molecule has 132 valence electrons. The van der Waals surface area contributed by atoms with Crippen LogP contribution in [0.2, 0.25) is 4.34 Å². The maximum absolute atomic E-state index is 12.7. The summed E-state index contributed by atoms with van der Waals surface area (Å²) in [7, 11) is 0. The number of carbonyl (C=O) groups is 1. The van der Waals surface area contributed by atoms with E-state index in [1.165, 1.54) is 10.4 Å². The molecule has 1 amide bonds. The van der Waals surface area contributed by atoms with Crippen LogP contribution in [0.4, 0.5) is 5.82 Å². The zero-order chi connectivity index (χ0) is 17.2. The van der Waals surface area contributed by atoms with E-state index in [2.05, 4.69) is 20.2 Å². The normalized spacial score (nSPS) is 21.0. The second-order valence-electron chi connectivity index (χ2n) is 6.71. The zero-order valence-electron chi connectivity index (χ0n) is 13.9. The van der Waals surface area contributed by atoms with Crippen LogP contribution < -0.4 is 10.2 Å². The molecule has 1 fully saturated rings. The van der Waals surface area contributed by atoms with E-state index in [1.807, 2.05) is 6.07 Å². The highest BCUT2D eigenvalue weighted by atomic mass is 35.5. The third-order valence-corrected chi connectivity index (χ3v) is 6.48. The Morgan fingerprint density at radius 3 is 2.88 bits per heavy atom. The molecule has 0 radical (unpaired) electrons. The third kappa shape index (κ3) is 3.65. The van der Waals surface area contributed by atoms with Crippen molar-refractivity contribution in [2.45, 2.75) is 38.1 Å². The Bertz CT molecular complexity index is 743. The van der Waals surface area contributed by atoms with Gasteiger partial charge in [-0.3, -0.25) is 9.78 Å². The van der Waals surface area contributed by atoms with Crippen molar-refractivity contribution in [3.8, 4) is 0 Å². The molecule has 2 aromatic rings. The van der Waals surface area contributed by atoms with Crippen LogP contribution in [0.25, 0.3) is 0 Å². The van der Waals surface area contributed by atoms with Gasteiger partial charge in [0.05, 0.1) is 16.6 Å². The maximum Gasteiger partial charge on any atom is 0.223 e. The van der Waals surface area contributed by atoms with Crippen molar-refractivity contribution in [3.05, 3.63) is 39.4 Å². The minimum absolute atomic E-state index is 0.0763. The Labute approximate surface area is 156 Å². The van der Waals surface area contributed by atoms with E-state index in [1.54, 1.807) is 29.9 Å². The molecule has 3 heterocycles. The molecule has 25 heavy (non-hydrogen) atoms. The number of carbonyl (C=O) groups excluding carboxylic acids is 1. The molecule has 2 aromatic heterocycles. The fourth-order valence-electron chi connectivity index (χ4n) is 3.79. The summed E-state index contributed by atoms with van der Waals surface area (Å²) in [6, 6.07) is 2.15. The molecule has 4 rings (SSSR count). The van der Waals surface area contributed by atoms with Crippen LogP contribution in [0.15, 0.2) is 24.7 Å². The van der Waals surface area contributed by atoms with Gasteiger partial charge in [-0.1, -0.05) is 11.6 Å². The molecule has 0 saturated carbocycles. The molecule has 0 bridgehead atoms. The molecular weight excluding hydrogens is 356 g/mol. The molecule has 0 spiro atoms. The number of fused-ring (bicyclic) bond motifs is 1. The highest BCUT2D eigenvalue weighted by molar-refractivity contribution is 7.16. The quantitative estimate of drug-likeness (QED) is 0.889. The van der Waals surface area contributed by atoms with Crippen molar-refractivity contribution in [1.29, 1.82) is 0 Å². The predicted molar refractivity (Wildman–Crippen MR) is 100 cm³/mol. The van der Waals surface area contributed by atoms with Crippen molar-refractivity contribution in [2.75, 3.05) is 18.0 Å². The SMILES string of the molecule is O=C(NC1CCCc2sc(Cl)cc21)C1CCN(c2cnccn2)CC1. The lowest BCUT2D eigenvalue weighted by atomic mass is 9.91. The summed E-state index contributed by atoms with van der Waals surface area (Å²) >= 11 is 7.81. The summed E-state index contributed by atoms with van der Waals surface area (Å²) in [6.07, 6.45) is 10.1. The Hall–Kier alpha value is -1.66. The largest absolute Gasteiger partial charge is 0.355 e. The van der Waals surface area contributed by atoms with E-state index in [4.69, 9.17) is 11.6 Å². The predicted octanol–water partition coefficient (Wildman–Crippen LogP) is 3.60. The smallest absolute Gasteiger partial charge is 0.223 e. The summed E-state index contributed by atoms with van der Waals surface area (Å²) in [4.78, 5) is 24.7. The molecule has 0 aromatic carbocycles. The third-order valence-electron chi connectivity index (χ3n) is 5.14. The first-order valence-electron chi connectivity index (χ1n) is 8.80. The first kappa shape index (κ1) is 16.8. The lowest BCUT2D eigenvalue weighted by molar-refractivity contribution is -0.126. The first-order chi connectivity index (χ1) is 12.2. The lowest BCUT2D eigenvalue weighted by Crippen LogP contribution is -2.42. The minimum atomic E-state index is 0.0763. The Morgan fingerprint density at radius 2 is 2.12 bits per heavy atom. The molecule has 1 aliphatic carbocycles. The van der Waals surface area contributed by atoms with Gasteiger partial charge in [0.15, 0.2) is 0 Å². The van der Waals surface area contributed by atoms with Crippen molar-refractivity contribution in [3.63, 3.8) is 0 Å². The van der Waals surface area contributed by atoms with E-state index in [9.17, 15) is 4.79 Å². The van der Waals surface area contributed by atoms with Gasteiger partial charge in [0.1, 0.15) is 5.82 Å². The number of halogens is 1. The standard InChI is InChI=1S/C18H21ClN4OS/c19-16-10-13-14(2-1-3-15(13)25-16)22-18(24)12-4-8-23(9-5-12)17-11-20-6-7-21-17/h6-7,10-12,14H,1-5,8-9H2,(H,22,24). The van der Waals surface area contributed by atoms with Gasteiger partial charge >= 0.3 is 0 Å². The Kier molecular flexibility index (Phi) is 4.90. The van der Waals surface area contributed by atoms with Crippen LogP contribution in [-0.2, 0) is 11.2 Å².